The number of fused-ring (bicyclic) bond motifs is 1. The van der Waals surface area contributed by atoms with Gasteiger partial charge in [-0.05, 0) is 0 Å². The second kappa shape index (κ2) is 4.16. The van der Waals surface area contributed by atoms with Gasteiger partial charge in [-0.3, -0.25) is 0 Å². The maximum Gasteiger partial charge on any atom is 0.333 e. The normalized spacial score (nSPS) is 9.62. The predicted octanol–water partition coefficient (Wildman–Crippen LogP) is 1.90. The molecule has 0 aliphatic rings. The molecule has 1 aromatic carbocycles. The van der Waals surface area contributed by atoms with Gasteiger partial charge in [-0.25, -0.2) is 4.79 Å². The second-order valence-corrected chi connectivity index (χ2v) is 2.68. The van der Waals surface area contributed by atoms with Crippen LogP contribution in [0.15, 0.2) is 33.5 Å². The third-order valence-corrected chi connectivity index (χ3v) is 1.76. The molecule has 63 valence electrons. The summed E-state index contributed by atoms with van der Waals surface area (Å²) in [5.41, 5.74) is 1.28. The van der Waals surface area contributed by atoms with E-state index in [0.29, 0.717) is 5.58 Å². The minimum absolute atomic E-state index is 0. The van der Waals surface area contributed by atoms with Crippen LogP contribution in [-0.4, -0.2) is 0 Å². The Kier molecular flexibility index (Phi) is 3.40. The Morgan fingerprint density at radius 2 is 2.08 bits per heavy atom. The molecule has 2 nitrogen and oxygen atoms in total. The van der Waals surface area contributed by atoms with Crippen molar-refractivity contribution in [2.45, 2.75) is 6.92 Å². The van der Waals surface area contributed by atoms with Gasteiger partial charge in [0.15, 0.2) is 0 Å². The van der Waals surface area contributed by atoms with Gasteiger partial charge in [0.2, 0.25) is 0 Å². The van der Waals surface area contributed by atoms with Crippen molar-refractivity contribution in [3.8, 4) is 0 Å². The zero-order valence-electron chi connectivity index (χ0n) is 7.20. The van der Waals surface area contributed by atoms with Crippen LogP contribution in [0.25, 0.3) is 11.0 Å². The van der Waals surface area contributed by atoms with E-state index in [1.165, 1.54) is 6.07 Å². The molecule has 2 aromatic rings. The Hall–Kier alpha value is -0.466. The van der Waals surface area contributed by atoms with Crippen LogP contribution in [0, 0.1) is 13.0 Å². The SMILES string of the molecule is Cc1c[c-]cc2ccc(=O)oc12.[Y]. The van der Waals surface area contributed by atoms with Crippen molar-refractivity contribution in [1.82, 2.24) is 0 Å². The van der Waals surface area contributed by atoms with Gasteiger partial charge in [0.25, 0.3) is 0 Å². The molecule has 0 N–H and O–H groups in total. The summed E-state index contributed by atoms with van der Waals surface area (Å²) in [5, 5.41) is 0.912. The van der Waals surface area contributed by atoms with Gasteiger partial charge in [0.1, 0.15) is 0 Å². The van der Waals surface area contributed by atoms with E-state index in [4.69, 9.17) is 4.42 Å². The van der Waals surface area contributed by atoms with E-state index in [0.717, 1.165) is 10.9 Å². The van der Waals surface area contributed by atoms with E-state index in [-0.39, 0.29) is 38.3 Å². The molecule has 0 spiro atoms. The third-order valence-electron chi connectivity index (χ3n) is 1.76. The number of benzene rings is 1. The van der Waals surface area contributed by atoms with E-state index >= 15 is 0 Å². The molecular formula is C10H7O2Y-. The molecule has 0 aliphatic heterocycles. The fraction of sp³-hybridized carbons (Fsp3) is 0.100. The Morgan fingerprint density at radius 3 is 2.85 bits per heavy atom. The summed E-state index contributed by atoms with van der Waals surface area (Å²) in [4.78, 5) is 10.9. The number of hydrogen-bond acceptors (Lipinski definition) is 2. The molecule has 0 atom stereocenters. The molecule has 2 rings (SSSR count). The monoisotopic (exact) mass is 248 g/mol. The molecule has 0 saturated carbocycles. The molecule has 0 bridgehead atoms. The van der Waals surface area contributed by atoms with Gasteiger partial charge < -0.3 is 4.42 Å². The van der Waals surface area contributed by atoms with Crippen LogP contribution in [0.3, 0.4) is 0 Å². The molecule has 1 aromatic heterocycles. The van der Waals surface area contributed by atoms with Crippen molar-refractivity contribution in [2.75, 3.05) is 0 Å². The molecular weight excluding hydrogens is 241 g/mol. The minimum Gasteiger partial charge on any atom is -0.449 e. The van der Waals surface area contributed by atoms with Gasteiger partial charge in [-0.1, -0.05) is 12.3 Å². The Labute approximate surface area is 101 Å². The number of aryl methyl sites for hydroxylation is 1. The number of hydrogen-bond donors (Lipinski definition) is 0. The average molecular weight is 248 g/mol. The zero-order valence-corrected chi connectivity index (χ0v) is 10.0. The first kappa shape index (κ1) is 10.6. The maximum atomic E-state index is 10.9. The summed E-state index contributed by atoms with van der Waals surface area (Å²) in [6.07, 6.45) is 0. The molecule has 1 radical (unpaired) electrons. The topological polar surface area (TPSA) is 30.2 Å². The van der Waals surface area contributed by atoms with Gasteiger partial charge in [0, 0.05) is 44.4 Å². The third kappa shape index (κ3) is 2.06. The van der Waals surface area contributed by atoms with E-state index < -0.39 is 0 Å². The van der Waals surface area contributed by atoms with E-state index in [2.05, 4.69) is 6.07 Å². The summed E-state index contributed by atoms with van der Waals surface area (Å²) in [6, 6.07) is 9.71. The van der Waals surface area contributed by atoms with Crippen molar-refractivity contribution in [1.29, 1.82) is 0 Å². The van der Waals surface area contributed by atoms with Crippen LogP contribution < -0.4 is 5.63 Å². The summed E-state index contributed by atoms with van der Waals surface area (Å²) in [7, 11) is 0. The first-order chi connectivity index (χ1) is 5.77. The van der Waals surface area contributed by atoms with E-state index in [1.807, 2.05) is 6.92 Å². The average Bonchev–Trinajstić information content (AvgIpc) is 2.07. The predicted molar refractivity (Wildman–Crippen MR) is 46.1 cm³/mol. The van der Waals surface area contributed by atoms with E-state index in [1.54, 1.807) is 18.2 Å². The first-order valence-corrected chi connectivity index (χ1v) is 3.68. The smallest absolute Gasteiger partial charge is 0.333 e. The largest absolute Gasteiger partial charge is 0.449 e. The van der Waals surface area contributed by atoms with Gasteiger partial charge in [-0.15, -0.1) is 11.6 Å². The van der Waals surface area contributed by atoms with Crippen molar-refractivity contribution in [3.63, 3.8) is 0 Å². The Morgan fingerprint density at radius 1 is 1.31 bits per heavy atom. The second-order valence-electron chi connectivity index (χ2n) is 2.68. The van der Waals surface area contributed by atoms with Crippen molar-refractivity contribution >= 4 is 11.0 Å². The van der Waals surface area contributed by atoms with Crippen LogP contribution in [0.2, 0.25) is 0 Å². The van der Waals surface area contributed by atoms with Crippen LogP contribution in [0.1, 0.15) is 5.56 Å². The van der Waals surface area contributed by atoms with Crippen LogP contribution in [0.4, 0.5) is 0 Å². The molecule has 0 amide bonds. The molecule has 1 heterocycles. The van der Waals surface area contributed by atoms with Crippen LogP contribution >= 0.6 is 0 Å². The molecule has 0 aliphatic carbocycles. The molecule has 0 saturated heterocycles. The zero-order chi connectivity index (χ0) is 8.55. The van der Waals surface area contributed by atoms with Gasteiger partial charge in [0.05, 0.1) is 0 Å². The van der Waals surface area contributed by atoms with Gasteiger partial charge in [-0.2, -0.15) is 18.2 Å². The fourth-order valence-electron chi connectivity index (χ4n) is 1.17. The van der Waals surface area contributed by atoms with Crippen LogP contribution in [0.5, 0.6) is 0 Å². The summed E-state index contributed by atoms with van der Waals surface area (Å²) in [5.74, 6) is 0. The van der Waals surface area contributed by atoms with Crippen molar-refractivity contribution in [2.24, 2.45) is 0 Å². The molecule has 3 heteroatoms. The molecule has 0 fully saturated rings. The Balaban J connectivity index is 0.000000845. The summed E-state index contributed by atoms with van der Waals surface area (Å²) < 4.78 is 5.02. The Bertz CT molecular complexity index is 474. The van der Waals surface area contributed by atoms with Crippen LogP contribution in [-0.2, 0) is 32.7 Å². The first-order valence-electron chi connectivity index (χ1n) is 3.68. The van der Waals surface area contributed by atoms with Gasteiger partial charge >= 0.3 is 5.63 Å². The molecule has 13 heavy (non-hydrogen) atoms. The summed E-state index contributed by atoms with van der Waals surface area (Å²) in [6.45, 7) is 1.89. The molecule has 0 unspecified atom stereocenters. The number of rotatable bonds is 0. The summed E-state index contributed by atoms with van der Waals surface area (Å²) >= 11 is 0. The minimum atomic E-state index is -0.309. The standard InChI is InChI=1S/C10H7O2.Y/c1-7-3-2-4-8-5-6-9(11)12-10(7)8;/h3-6H,1H3;/q-1;. The van der Waals surface area contributed by atoms with E-state index in [9.17, 15) is 4.79 Å². The maximum absolute atomic E-state index is 10.9. The van der Waals surface area contributed by atoms with Crippen molar-refractivity contribution < 1.29 is 37.1 Å². The fourth-order valence-corrected chi connectivity index (χ4v) is 1.17. The van der Waals surface area contributed by atoms with Crippen molar-refractivity contribution in [3.05, 3.63) is 46.3 Å². The quantitative estimate of drug-likeness (QED) is 0.526.